The van der Waals surface area contributed by atoms with Crippen molar-refractivity contribution < 1.29 is 8.42 Å². The van der Waals surface area contributed by atoms with Crippen molar-refractivity contribution in [3.05, 3.63) is 58.6 Å². The summed E-state index contributed by atoms with van der Waals surface area (Å²) in [6.07, 6.45) is 0. The number of benzene rings is 2. The van der Waals surface area contributed by atoms with E-state index in [0.717, 1.165) is 15.7 Å². The van der Waals surface area contributed by atoms with Gasteiger partial charge in [0, 0.05) is 16.7 Å². The van der Waals surface area contributed by atoms with Crippen LogP contribution in [0.15, 0.2) is 57.9 Å². The predicted molar refractivity (Wildman–Crippen MR) is 79.3 cm³/mol. The zero-order valence-corrected chi connectivity index (χ0v) is 12.4. The average Bonchev–Trinajstić information content (AvgIpc) is 2.37. The molecule has 100 valence electrons. The molecule has 0 aliphatic heterocycles. The third-order valence-corrected chi connectivity index (χ3v) is 4.33. The van der Waals surface area contributed by atoms with E-state index in [1.54, 1.807) is 12.1 Å². The van der Waals surface area contributed by atoms with Gasteiger partial charge in [0.15, 0.2) is 0 Å². The Labute approximate surface area is 120 Å². The highest BCUT2D eigenvalue weighted by Crippen LogP contribution is 2.18. The fourth-order valence-corrected chi connectivity index (χ4v) is 2.54. The van der Waals surface area contributed by atoms with Crippen LogP contribution < -0.4 is 10.5 Å². The van der Waals surface area contributed by atoms with E-state index in [1.165, 1.54) is 12.1 Å². The second-order valence-corrected chi connectivity index (χ2v) is 6.43. The summed E-state index contributed by atoms with van der Waals surface area (Å²) in [5.74, 6) is 0. The highest BCUT2D eigenvalue weighted by Gasteiger charge is 2.06. The van der Waals surface area contributed by atoms with E-state index in [0.29, 0.717) is 6.54 Å². The van der Waals surface area contributed by atoms with Crippen molar-refractivity contribution in [2.75, 3.05) is 5.32 Å². The van der Waals surface area contributed by atoms with Crippen LogP contribution in [0.5, 0.6) is 0 Å². The Bertz CT molecular complexity index is 669. The first-order chi connectivity index (χ1) is 8.97. The molecule has 0 aliphatic carbocycles. The number of nitrogens with one attached hydrogen (secondary N) is 1. The molecular weight excluding hydrogens is 328 g/mol. The summed E-state index contributed by atoms with van der Waals surface area (Å²) in [6, 6.07) is 14.2. The van der Waals surface area contributed by atoms with Crippen LogP contribution in [0, 0.1) is 0 Å². The third kappa shape index (κ3) is 3.79. The van der Waals surface area contributed by atoms with Crippen molar-refractivity contribution in [1.82, 2.24) is 0 Å². The van der Waals surface area contributed by atoms with Gasteiger partial charge >= 0.3 is 0 Å². The molecule has 0 spiro atoms. The molecule has 0 saturated heterocycles. The van der Waals surface area contributed by atoms with E-state index in [1.807, 2.05) is 24.3 Å². The Morgan fingerprint density at radius 3 is 2.26 bits per heavy atom. The molecule has 0 amide bonds. The second kappa shape index (κ2) is 5.73. The van der Waals surface area contributed by atoms with Crippen LogP contribution >= 0.6 is 15.9 Å². The van der Waals surface area contributed by atoms with E-state index in [-0.39, 0.29) is 4.90 Å². The standard InChI is InChI=1S/C13H13BrN2O2S/c14-13-4-2-1-3-10(13)9-16-11-5-7-12(8-6-11)19(15,17)18/h1-8,16H,9H2,(H2,15,17,18). The minimum atomic E-state index is -3.63. The zero-order valence-electron chi connectivity index (χ0n) is 10.0. The van der Waals surface area contributed by atoms with Crippen LogP contribution in [0.25, 0.3) is 0 Å². The fraction of sp³-hybridized carbons (Fsp3) is 0.0769. The lowest BCUT2D eigenvalue weighted by Crippen LogP contribution is -2.12. The number of hydrogen-bond acceptors (Lipinski definition) is 3. The van der Waals surface area contributed by atoms with Crippen molar-refractivity contribution >= 4 is 31.6 Å². The maximum atomic E-state index is 11.1. The van der Waals surface area contributed by atoms with Gasteiger partial charge in [-0.2, -0.15) is 0 Å². The summed E-state index contributed by atoms with van der Waals surface area (Å²) in [5.41, 5.74) is 1.96. The second-order valence-electron chi connectivity index (χ2n) is 4.01. The lowest BCUT2D eigenvalue weighted by Gasteiger charge is -2.08. The van der Waals surface area contributed by atoms with Gasteiger partial charge in [0.1, 0.15) is 0 Å². The van der Waals surface area contributed by atoms with E-state index < -0.39 is 10.0 Å². The zero-order chi connectivity index (χ0) is 13.9. The number of hydrogen-bond donors (Lipinski definition) is 2. The Kier molecular flexibility index (Phi) is 4.24. The minimum absolute atomic E-state index is 0.110. The highest BCUT2D eigenvalue weighted by molar-refractivity contribution is 9.10. The van der Waals surface area contributed by atoms with Crippen LogP contribution in [-0.4, -0.2) is 8.42 Å². The van der Waals surface area contributed by atoms with Gasteiger partial charge in [-0.3, -0.25) is 0 Å². The topological polar surface area (TPSA) is 72.2 Å². The first-order valence-corrected chi connectivity index (χ1v) is 7.91. The van der Waals surface area contributed by atoms with Crippen molar-refractivity contribution in [1.29, 1.82) is 0 Å². The van der Waals surface area contributed by atoms with Crippen LogP contribution in [0.1, 0.15) is 5.56 Å². The first-order valence-electron chi connectivity index (χ1n) is 5.57. The molecule has 3 N–H and O–H groups in total. The third-order valence-electron chi connectivity index (χ3n) is 2.62. The Balaban J connectivity index is 2.07. The lowest BCUT2D eigenvalue weighted by atomic mass is 10.2. The lowest BCUT2D eigenvalue weighted by molar-refractivity contribution is 0.598. The number of rotatable bonds is 4. The SMILES string of the molecule is NS(=O)(=O)c1ccc(NCc2ccccc2Br)cc1. The predicted octanol–water partition coefficient (Wildman–Crippen LogP) is 2.71. The molecule has 2 aromatic rings. The summed E-state index contributed by atoms with van der Waals surface area (Å²) >= 11 is 3.47. The monoisotopic (exact) mass is 340 g/mol. The summed E-state index contributed by atoms with van der Waals surface area (Å²) < 4.78 is 23.3. The van der Waals surface area contributed by atoms with Gasteiger partial charge < -0.3 is 5.32 Å². The molecule has 0 atom stereocenters. The summed E-state index contributed by atoms with van der Waals surface area (Å²) in [5, 5.41) is 8.25. The first kappa shape index (κ1) is 14.0. The van der Waals surface area contributed by atoms with Gasteiger partial charge in [0.2, 0.25) is 10.0 Å². The van der Waals surface area contributed by atoms with Gasteiger partial charge in [-0.15, -0.1) is 0 Å². The smallest absolute Gasteiger partial charge is 0.238 e. The van der Waals surface area contributed by atoms with Gasteiger partial charge in [0.25, 0.3) is 0 Å². The molecule has 0 fully saturated rings. The van der Waals surface area contributed by atoms with Crippen LogP contribution in [0.4, 0.5) is 5.69 Å². The Morgan fingerprint density at radius 2 is 1.68 bits per heavy atom. The number of primary sulfonamides is 1. The molecule has 4 nitrogen and oxygen atoms in total. The molecule has 0 aromatic heterocycles. The maximum Gasteiger partial charge on any atom is 0.238 e. The molecule has 2 aromatic carbocycles. The normalized spacial score (nSPS) is 11.3. The van der Waals surface area contributed by atoms with Crippen LogP contribution in [0.3, 0.4) is 0 Å². The van der Waals surface area contributed by atoms with Crippen molar-refractivity contribution in [2.24, 2.45) is 5.14 Å². The number of halogens is 1. The van der Waals surface area contributed by atoms with Crippen LogP contribution in [-0.2, 0) is 16.6 Å². The molecule has 0 saturated carbocycles. The molecule has 0 heterocycles. The quantitative estimate of drug-likeness (QED) is 0.898. The van der Waals surface area contributed by atoms with E-state index in [4.69, 9.17) is 5.14 Å². The van der Waals surface area contributed by atoms with Gasteiger partial charge in [-0.05, 0) is 35.9 Å². The van der Waals surface area contributed by atoms with Crippen LogP contribution in [0.2, 0.25) is 0 Å². The summed E-state index contributed by atoms with van der Waals surface area (Å²) in [7, 11) is -3.63. The van der Waals surface area contributed by atoms with Crippen molar-refractivity contribution in [3.63, 3.8) is 0 Å². The van der Waals surface area contributed by atoms with E-state index in [9.17, 15) is 8.42 Å². The molecule has 0 bridgehead atoms. The number of anilines is 1. The maximum absolute atomic E-state index is 11.1. The average molecular weight is 341 g/mol. The number of nitrogens with two attached hydrogens (primary N) is 1. The molecular formula is C13H13BrN2O2S. The Morgan fingerprint density at radius 1 is 1.05 bits per heavy atom. The molecule has 0 unspecified atom stereocenters. The molecule has 2 rings (SSSR count). The Hall–Kier alpha value is -1.37. The van der Waals surface area contributed by atoms with Gasteiger partial charge in [-0.1, -0.05) is 34.1 Å². The summed E-state index contributed by atoms with van der Waals surface area (Å²) in [6.45, 7) is 0.649. The number of sulfonamides is 1. The molecule has 6 heteroatoms. The minimum Gasteiger partial charge on any atom is -0.381 e. The summed E-state index contributed by atoms with van der Waals surface area (Å²) in [4.78, 5) is 0.110. The van der Waals surface area contributed by atoms with Gasteiger partial charge in [-0.25, -0.2) is 13.6 Å². The van der Waals surface area contributed by atoms with Crippen molar-refractivity contribution in [2.45, 2.75) is 11.4 Å². The highest BCUT2D eigenvalue weighted by atomic mass is 79.9. The van der Waals surface area contributed by atoms with Gasteiger partial charge in [0.05, 0.1) is 4.90 Å². The largest absolute Gasteiger partial charge is 0.381 e. The van der Waals surface area contributed by atoms with Crippen molar-refractivity contribution in [3.8, 4) is 0 Å². The molecule has 0 radical (unpaired) electrons. The van der Waals surface area contributed by atoms with E-state index in [2.05, 4.69) is 21.2 Å². The molecule has 0 aliphatic rings. The fourth-order valence-electron chi connectivity index (χ4n) is 1.60. The van der Waals surface area contributed by atoms with E-state index >= 15 is 0 Å². The molecule has 19 heavy (non-hydrogen) atoms.